The third kappa shape index (κ3) is 5.74. The van der Waals surface area contributed by atoms with E-state index in [0.717, 1.165) is 49.4 Å². The first-order valence-electron chi connectivity index (χ1n) is 9.77. The molecule has 0 radical (unpaired) electrons. The number of nitrogens with zero attached hydrogens (tertiary/aromatic N) is 1. The number of rotatable bonds is 6. The Kier molecular flexibility index (Phi) is 6.89. The highest BCUT2D eigenvalue weighted by molar-refractivity contribution is 5.89. The third-order valence-electron chi connectivity index (χ3n) is 4.82. The van der Waals surface area contributed by atoms with Crippen LogP contribution < -0.4 is 15.4 Å². The Morgan fingerprint density at radius 2 is 1.75 bits per heavy atom. The molecule has 2 aromatic rings. The smallest absolute Gasteiger partial charge is 0.322 e. The summed E-state index contributed by atoms with van der Waals surface area (Å²) in [5.41, 5.74) is 0.733. The molecule has 0 bridgehead atoms. The van der Waals surface area contributed by atoms with E-state index in [-0.39, 0.29) is 18.0 Å². The largest absolute Gasteiger partial charge is 0.457 e. The molecule has 1 unspecified atom stereocenters. The fraction of sp³-hybridized carbons (Fsp3) is 0.364. The molecule has 0 aliphatic carbocycles. The van der Waals surface area contributed by atoms with Crippen molar-refractivity contribution < 1.29 is 14.3 Å². The highest BCUT2D eigenvalue weighted by Gasteiger charge is 2.26. The number of carbonyl (C=O) groups excluding carboxylic acids is 2. The van der Waals surface area contributed by atoms with Crippen molar-refractivity contribution in [1.29, 1.82) is 0 Å². The maximum absolute atomic E-state index is 12.7. The number of ether oxygens (including phenoxy) is 1. The minimum absolute atomic E-state index is 0.0374. The zero-order chi connectivity index (χ0) is 19.8. The number of urea groups is 1. The molecule has 1 aliphatic heterocycles. The van der Waals surface area contributed by atoms with Gasteiger partial charge in [0, 0.05) is 31.7 Å². The minimum atomic E-state index is -0.0933. The van der Waals surface area contributed by atoms with Crippen LogP contribution in [0.3, 0.4) is 0 Å². The fourth-order valence-electron chi connectivity index (χ4n) is 3.41. The van der Waals surface area contributed by atoms with E-state index in [1.165, 1.54) is 6.92 Å². The summed E-state index contributed by atoms with van der Waals surface area (Å²) >= 11 is 0. The lowest BCUT2D eigenvalue weighted by molar-refractivity contribution is -0.119. The Morgan fingerprint density at radius 3 is 2.46 bits per heavy atom. The molecule has 3 rings (SSSR count). The number of nitrogens with one attached hydrogen (secondary N) is 2. The van der Waals surface area contributed by atoms with E-state index < -0.39 is 0 Å². The number of likely N-dealkylation sites (tertiary alicyclic amines) is 1. The van der Waals surface area contributed by atoms with Crippen molar-refractivity contribution in [1.82, 2.24) is 10.2 Å². The van der Waals surface area contributed by atoms with Crippen LogP contribution in [-0.4, -0.2) is 36.0 Å². The molecular weight excluding hydrogens is 354 g/mol. The molecule has 0 saturated carbocycles. The van der Waals surface area contributed by atoms with Gasteiger partial charge in [-0.15, -0.1) is 0 Å². The predicted molar refractivity (Wildman–Crippen MR) is 110 cm³/mol. The highest BCUT2D eigenvalue weighted by atomic mass is 16.5. The van der Waals surface area contributed by atoms with Crippen molar-refractivity contribution in [3.63, 3.8) is 0 Å². The van der Waals surface area contributed by atoms with Crippen molar-refractivity contribution >= 4 is 17.6 Å². The molecule has 0 spiro atoms. The van der Waals surface area contributed by atoms with E-state index >= 15 is 0 Å². The van der Waals surface area contributed by atoms with Gasteiger partial charge < -0.3 is 20.3 Å². The number of hydrogen-bond donors (Lipinski definition) is 2. The lowest BCUT2D eigenvalue weighted by Gasteiger charge is -2.35. The van der Waals surface area contributed by atoms with Crippen molar-refractivity contribution in [3.8, 4) is 11.5 Å². The Labute approximate surface area is 165 Å². The number of anilines is 1. The SMILES string of the molecule is CC(=O)NCCC1CCCCN1C(=O)Nc1ccc(Oc2ccccc2)cc1. The molecular formula is C22H27N3O3. The molecule has 1 atom stereocenters. The molecule has 1 saturated heterocycles. The van der Waals surface area contributed by atoms with Gasteiger partial charge in [0.1, 0.15) is 11.5 Å². The Hall–Kier alpha value is -3.02. The molecule has 3 amide bonds. The maximum Gasteiger partial charge on any atom is 0.322 e. The predicted octanol–water partition coefficient (Wildman–Crippen LogP) is 4.39. The molecule has 148 valence electrons. The second-order valence-electron chi connectivity index (χ2n) is 6.98. The van der Waals surface area contributed by atoms with Gasteiger partial charge >= 0.3 is 6.03 Å². The zero-order valence-electron chi connectivity index (χ0n) is 16.2. The standard InChI is InChI=1S/C22H27N3O3/c1-17(26)23-15-14-19-7-5-6-16-25(19)22(27)24-18-10-12-21(13-11-18)28-20-8-3-2-4-9-20/h2-4,8-13,19H,5-7,14-16H2,1H3,(H,23,26)(H,24,27). The van der Waals surface area contributed by atoms with Gasteiger partial charge in [0.2, 0.25) is 5.91 Å². The number of benzene rings is 2. The Bertz CT molecular complexity index is 777. The van der Waals surface area contributed by atoms with Gasteiger partial charge in [-0.25, -0.2) is 4.79 Å². The molecule has 6 nitrogen and oxygen atoms in total. The van der Waals surface area contributed by atoms with Crippen LogP contribution in [-0.2, 0) is 4.79 Å². The van der Waals surface area contributed by atoms with Crippen LogP contribution in [0.1, 0.15) is 32.6 Å². The van der Waals surface area contributed by atoms with Gasteiger partial charge in [-0.2, -0.15) is 0 Å². The van der Waals surface area contributed by atoms with E-state index in [2.05, 4.69) is 10.6 Å². The first-order chi connectivity index (χ1) is 13.6. The lowest BCUT2D eigenvalue weighted by Crippen LogP contribution is -2.47. The van der Waals surface area contributed by atoms with Crippen LogP contribution in [0.4, 0.5) is 10.5 Å². The summed E-state index contributed by atoms with van der Waals surface area (Å²) in [6.45, 7) is 2.84. The number of hydrogen-bond acceptors (Lipinski definition) is 3. The third-order valence-corrected chi connectivity index (χ3v) is 4.82. The quantitative estimate of drug-likeness (QED) is 0.779. The van der Waals surface area contributed by atoms with Crippen molar-refractivity contribution in [2.45, 2.75) is 38.6 Å². The summed E-state index contributed by atoms with van der Waals surface area (Å²) in [5.74, 6) is 1.45. The summed E-state index contributed by atoms with van der Waals surface area (Å²) < 4.78 is 5.78. The van der Waals surface area contributed by atoms with Gasteiger partial charge in [0.25, 0.3) is 0 Å². The van der Waals surface area contributed by atoms with Crippen molar-refractivity contribution in [2.24, 2.45) is 0 Å². The monoisotopic (exact) mass is 381 g/mol. The zero-order valence-corrected chi connectivity index (χ0v) is 16.2. The molecule has 1 aliphatic rings. The van der Waals surface area contributed by atoms with Crippen LogP contribution in [0.5, 0.6) is 11.5 Å². The van der Waals surface area contributed by atoms with Crippen LogP contribution in [0, 0.1) is 0 Å². The summed E-state index contributed by atoms with van der Waals surface area (Å²) in [7, 11) is 0. The molecule has 6 heteroatoms. The van der Waals surface area contributed by atoms with E-state index in [0.29, 0.717) is 6.54 Å². The second-order valence-corrected chi connectivity index (χ2v) is 6.98. The molecule has 1 heterocycles. The van der Waals surface area contributed by atoms with E-state index in [4.69, 9.17) is 4.74 Å². The Morgan fingerprint density at radius 1 is 1.04 bits per heavy atom. The van der Waals surface area contributed by atoms with Gasteiger partial charge in [0.05, 0.1) is 0 Å². The van der Waals surface area contributed by atoms with Crippen LogP contribution in [0.2, 0.25) is 0 Å². The average Bonchev–Trinajstić information content (AvgIpc) is 2.70. The van der Waals surface area contributed by atoms with E-state index in [1.807, 2.05) is 59.5 Å². The topological polar surface area (TPSA) is 70.7 Å². The molecule has 0 aromatic heterocycles. The summed E-state index contributed by atoms with van der Waals surface area (Å²) in [5, 5.41) is 5.79. The van der Waals surface area contributed by atoms with E-state index in [1.54, 1.807) is 0 Å². The van der Waals surface area contributed by atoms with Crippen LogP contribution in [0.25, 0.3) is 0 Å². The van der Waals surface area contributed by atoms with Crippen LogP contribution >= 0.6 is 0 Å². The second kappa shape index (κ2) is 9.78. The summed E-state index contributed by atoms with van der Waals surface area (Å²) in [6, 6.07) is 17.0. The first kappa shape index (κ1) is 19.7. The van der Waals surface area contributed by atoms with Crippen molar-refractivity contribution in [2.75, 3.05) is 18.4 Å². The maximum atomic E-state index is 12.7. The molecule has 28 heavy (non-hydrogen) atoms. The Balaban J connectivity index is 1.55. The molecule has 2 aromatic carbocycles. The average molecular weight is 381 g/mol. The van der Waals surface area contributed by atoms with Crippen LogP contribution in [0.15, 0.2) is 54.6 Å². The highest BCUT2D eigenvalue weighted by Crippen LogP contribution is 2.24. The number of carbonyl (C=O) groups is 2. The van der Waals surface area contributed by atoms with Gasteiger partial charge in [0.15, 0.2) is 0 Å². The summed E-state index contributed by atoms with van der Waals surface area (Å²) in [6.07, 6.45) is 3.86. The number of para-hydroxylation sites is 1. The molecule has 2 N–H and O–H groups in total. The van der Waals surface area contributed by atoms with Crippen molar-refractivity contribution in [3.05, 3.63) is 54.6 Å². The normalized spacial score (nSPS) is 16.3. The minimum Gasteiger partial charge on any atom is -0.457 e. The van der Waals surface area contributed by atoms with Gasteiger partial charge in [-0.05, 0) is 62.1 Å². The number of amides is 3. The lowest BCUT2D eigenvalue weighted by atomic mass is 10.00. The molecule has 1 fully saturated rings. The number of piperidine rings is 1. The van der Waals surface area contributed by atoms with E-state index in [9.17, 15) is 9.59 Å². The van der Waals surface area contributed by atoms with Gasteiger partial charge in [-0.3, -0.25) is 4.79 Å². The first-order valence-corrected chi connectivity index (χ1v) is 9.77. The van der Waals surface area contributed by atoms with Gasteiger partial charge in [-0.1, -0.05) is 18.2 Å². The fourth-order valence-corrected chi connectivity index (χ4v) is 3.41. The summed E-state index contributed by atoms with van der Waals surface area (Å²) in [4.78, 5) is 25.7.